The summed E-state index contributed by atoms with van der Waals surface area (Å²) < 4.78 is 2.15. The monoisotopic (exact) mass is 271 g/mol. The van der Waals surface area contributed by atoms with Gasteiger partial charge in [0.2, 0.25) is 0 Å². The third-order valence-corrected chi connectivity index (χ3v) is 3.85. The average molecular weight is 271 g/mol. The smallest absolute Gasteiger partial charge is 0.0769 e. The van der Waals surface area contributed by atoms with Gasteiger partial charge in [0.15, 0.2) is 0 Å². The molecule has 0 aliphatic heterocycles. The fourth-order valence-electron chi connectivity index (χ4n) is 2.77. The molecular weight excluding hydrogens is 250 g/mol. The van der Waals surface area contributed by atoms with Crippen LogP contribution in [0.4, 0.5) is 0 Å². The fourth-order valence-corrected chi connectivity index (χ4v) is 2.77. The summed E-state index contributed by atoms with van der Waals surface area (Å²) in [4.78, 5) is 0. The number of nitrogens with zero attached hydrogens (tertiary/aromatic N) is 4. The summed E-state index contributed by atoms with van der Waals surface area (Å²) in [5, 5.41) is 16.0. The van der Waals surface area contributed by atoms with Gasteiger partial charge in [0.25, 0.3) is 0 Å². The van der Waals surface area contributed by atoms with Crippen LogP contribution in [-0.4, -0.2) is 20.0 Å². The van der Waals surface area contributed by atoms with E-state index in [0.717, 1.165) is 24.5 Å². The lowest BCUT2D eigenvalue weighted by Crippen LogP contribution is -2.16. The lowest BCUT2D eigenvalue weighted by atomic mass is 9.96. The first-order valence-corrected chi connectivity index (χ1v) is 7.43. The first-order valence-electron chi connectivity index (χ1n) is 7.43. The summed E-state index contributed by atoms with van der Waals surface area (Å²) >= 11 is 0. The Labute approximate surface area is 119 Å². The Balaban J connectivity index is 1.50. The Bertz CT molecular complexity index is 516. The summed E-state index contributed by atoms with van der Waals surface area (Å²) in [6.07, 6.45) is 10.4. The highest BCUT2D eigenvalue weighted by atomic mass is 15.3. The molecule has 106 valence electrons. The van der Waals surface area contributed by atoms with Gasteiger partial charge in [-0.05, 0) is 31.0 Å². The zero-order valence-corrected chi connectivity index (χ0v) is 11.7. The second-order valence-corrected chi connectivity index (χ2v) is 5.40. The molecule has 1 aliphatic rings. The van der Waals surface area contributed by atoms with E-state index in [1.165, 1.54) is 32.1 Å². The van der Waals surface area contributed by atoms with Gasteiger partial charge in [-0.1, -0.05) is 19.3 Å². The number of nitrogens with one attached hydrogen (secondary N) is 1. The van der Waals surface area contributed by atoms with E-state index < -0.39 is 0 Å². The van der Waals surface area contributed by atoms with E-state index in [-0.39, 0.29) is 0 Å². The topological polar surface area (TPSA) is 55.6 Å². The molecule has 0 aromatic carbocycles. The molecule has 0 radical (unpaired) electrons. The molecule has 1 saturated carbocycles. The number of aromatic nitrogens is 4. The van der Waals surface area contributed by atoms with E-state index in [1.54, 1.807) is 6.20 Å². The van der Waals surface area contributed by atoms with Crippen LogP contribution in [0.2, 0.25) is 0 Å². The number of hydrogen-bond acceptors (Lipinski definition) is 4. The number of hydrogen-bond donors (Lipinski definition) is 1. The van der Waals surface area contributed by atoms with Crippen molar-refractivity contribution < 1.29 is 0 Å². The third kappa shape index (κ3) is 3.42. The van der Waals surface area contributed by atoms with Crippen LogP contribution in [0.25, 0.3) is 0 Å². The van der Waals surface area contributed by atoms with E-state index >= 15 is 0 Å². The minimum Gasteiger partial charge on any atom is -0.305 e. The lowest BCUT2D eigenvalue weighted by Gasteiger charge is -2.21. The predicted octanol–water partition coefficient (Wildman–Crippen LogP) is 2.47. The van der Waals surface area contributed by atoms with Crippen molar-refractivity contribution in [2.24, 2.45) is 0 Å². The zero-order chi connectivity index (χ0) is 13.6. The van der Waals surface area contributed by atoms with Gasteiger partial charge in [-0.2, -0.15) is 15.3 Å². The number of rotatable bonds is 5. The molecule has 0 bridgehead atoms. The van der Waals surface area contributed by atoms with Crippen LogP contribution in [0.1, 0.15) is 49.5 Å². The maximum Gasteiger partial charge on any atom is 0.0769 e. The van der Waals surface area contributed by atoms with E-state index in [1.807, 2.05) is 12.1 Å². The van der Waals surface area contributed by atoms with Crippen molar-refractivity contribution in [1.29, 1.82) is 0 Å². The summed E-state index contributed by atoms with van der Waals surface area (Å²) in [6, 6.07) is 6.60. The molecule has 0 saturated heterocycles. The molecule has 0 amide bonds. The van der Waals surface area contributed by atoms with Crippen LogP contribution in [0.5, 0.6) is 0 Å². The molecule has 1 N–H and O–H groups in total. The second-order valence-electron chi connectivity index (χ2n) is 5.40. The molecule has 1 aliphatic carbocycles. The first-order chi connectivity index (χ1) is 9.92. The second kappa shape index (κ2) is 6.61. The van der Waals surface area contributed by atoms with Gasteiger partial charge in [0.05, 0.1) is 17.4 Å². The maximum absolute atomic E-state index is 4.68. The Morgan fingerprint density at radius 2 is 1.95 bits per heavy atom. The van der Waals surface area contributed by atoms with E-state index in [9.17, 15) is 0 Å². The quantitative estimate of drug-likeness (QED) is 0.907. The summed E-state index contributed by atoms with van der Waals surface area (Å²) in [5.74, 6) is 0. The summed E-state index contributed by atoms with van der Waals surface area (Å²) in [5.41, 5.74) is 2.05. The standard InChI is InChI=1S/C15H21N5/c1-2-6-15(7-3-1)20-10-8-14(19-20)12-16-11-13-5-4-9-17-18-13/h4-5,8-10,15-16H,1-3,6-7,11-12H2. The Hall–Kier alpha value is -1.75. The van der Waals surface area contributed by atoms with Crippen LogP contribution in [-0.2, 0) is 13.1 Å². The molecule has 0 unspecified atom stereocenters. The van der Waals surface area contributed by atoms with Crippen LogP contribution >= 0.6 is 0 Å². The SMILES string of the molecule is c1cnnc(CNCc2ccn(C3CCCCC3)n2)c1. The normalized spacial score (nSPS) is 16.4. The molecule has 2 aromatic heterocycles. The van der Waals surface area contributed by atoms with Crippen molar-refractivity contribution in [2.75, 3.05) is 0 Å². The molecule has 3 rings (SSSR count). The van der Waals surface area contributed by atoms with Crippen LogP contribution in [0, 0.1) is 0 Å². The molecule has 20 heavy (non-hydrogen) atoms. The Morgan fingerprint density at radius 3 is 2.75 bits per heavy atom. The summed E-state index contributed by atoms with van der Waals surface area (Å²) in [7, 11) is 0. The Kier molecular flexibility index (Phi) is 4.38. The van der Waals surface area contributed by atoms with Crippen LogP contribution in [0.3, 0.4) is 0 Å². The van der Waals surface area contributed by atoms with Gasteiger partial charge in [-0.3, -0.25) is 4.68 Å². The van der Waals surface area contributed by atoms with Crippen molar-refractivity contribution >= 4 is 0 Å². The molecule has 0 atom stereocenters. The highest BCUT2D eigenvalue weighted by molar-refractivity contribution is 5.02. The van der Waals surface area contributed by atoms with Gasteiger partial charge in [-0.15, -0.1) is 0 Å². The maximum atomic E-state index is 4.68. The van der Waals surface area contributed by atoms with Crippen molar-refractivity contribution in [3.8, 4) is 0 Å². The van der Waals surface area contributed by atoms with Crippen molar-refractivity contribution in [3.63, 3.8) is 0 Å². The zero-order valence-electron chi connectivity index (χ0n) is 11.7. The molecular formula is C15H21N5. The van der Waals surface area contributed by atoms with Gasteiger partial charge in [0, 0.05) is 25.5 Å². The highest BCUT2D eigenvalue weighted by Crippen LogP contribution is 2.27. The molecule has 5 nitrogen and oxygen atoms in total. The molecule has 1 fully saturated rings. The molecule has 2 heterocycles. The van der Waals surface area contributed by atoms with Gasteiger partial charge in [0.1, 0.15) is 0 Å². The van der Waals surface area contributed by atoms with E-state index in [4.69, 9.17) is 0 Å². The third-order valence-electron chi connectivity index (χ3n) is 3.85. The van der Waals surface area contributed by atoms with Crippen LogP contribution < -0.4 is 5.32 Å². The summed E-state index contributed by atoms with van der Waals surface area (Å²) in [6.45, 7) is 1.50. The largest absolute Gasteiger partial charge is 0.305 e. The van der Waals surface area contributed by atoms with E-state index in [2.05, 4.69) is 37.6 Å². The van der Waals surface area contributed by atoms with Crippen molar-refractivity contribution in [1.82, 2.24) is 25.3 Å². The Morgan fingerprint density at radius 1 is 1.10 bits per heavy atom. The van der Waals surface area contributed by atoms with Gasteiger partial charge >= 0.3 is 0 Å². The van der Waals surface area contributed by atoms with Crippen molar-refractivity contribution in [3.05, 3.63) is 42.0 Å². The van der Waals surface area contributed by atoms with Crippen molar-refractivity contribution in [2.45, 2.75) is 51.2 Å². The van der Waals surface area contributed by atoms with Gasteiger partial charge in [-0.25, -0.2) is 0 Å². The van der Waals surface area contributed by atoms with Crippen LogP contribution in [0.15, 0.2) is 30.6 Å². The van der Waals surface area contributed by atoms with Gasteiger partial charge < -0.3 is 5.32 Å². The predicted molar refractivity (Wildman–Crippen MR) is 76.9 cm³/mol. The minimum absolute atomic E-state index is 0.609. The van der Waals surface area contributed by atoms with E-state index in [0.29, 0.717) is 6.04 Å². The average Bonchev–Trinajstić information content (AvgIpc) is 2.98. The fraction of sp³-hybridized carbons (Fsp3) is 0.533. The molecule has 5 heteroatoms. The first kappa shape index (κ1) is 13.2. The lowest BCUT2D eigenvalue weighted by molar-refractivity contribution is 0.327. The minimum atomic E-state index is 0.609. The highest BCUT2D eigenvalue weighted by Gasteiger charge is 2.15. The molecule has 0 spiro atoms. The molecule has 2 aromatic rings.